The molecular formula is C15H9F3N2S. The smallest absolute Gasteiger partial charge is 0.256 e. The largest absolute Gasteiger partial charge is 0.417 e. The second-order valence-electron chi connectivity index (χ2n) is 4.31. The molecule has 21 heavy (non-hydrogen) atoms. The summed E-state index contributed by atoms with van der Waals surface area (Å²) in [5, 5.41) is 0. The number of rotatable bonds is 2. The number of benzene rings is 1. The molecule has 0 saturated heterocycles. The monoisotopic (exact) mass is 306 g/mol. The van der Waals surface area contributed by atoms with Crippen LogP contribution in [0.4, 0.5) is 13.2 Å². The molecule has 0 saturated carbocycles. The van der Waals surface area contributed by atoms with Crippen LogP contribution in [0.2, 0.25) is 0 Å². The van der Waals surface area contributed by atoms with E-state index < -0.39 is 11.7 Å². The first-order valence-corrected chi connectivity index (χ1v) is 6.96. The van der Waals surface area contributed by atoms with Gasteiger partial charge in [0.05, 0.1) is 21.6 Å². The van der Waals surface area contributed by atoms with E-state index in [-0.39, 0.29) is 5.56 Å². The molecule has 2 heterocycles. The van der Waals surface area contributed by atoms with Crippen LogP contribution in [0.1, 0.15) is 5.56 Å². The highest BCUT2D eigenvalue weighted by Gasteiger charge is 2.34. The van der Waals surface area contributed by atoms with Crippen LogP contribution < -0.4 is 0 Å². The fourth-order valence-corrected chi connectivity index (χ4v) is 2.75. The number of pyridine rings is 1. The number of nitrogens with zero attached hydrogens (tertiary/aromatic N) is 2. The van der Waals surface area contributed by atoms with E-state index in [4.69, 9.17) is 0 Å². The molecular weight excluding hydrogens is 297 g/mol. The predicted molar refractivity (Wildman–Crippen MR) is 75.8 cm³/mol. The minimum atomic E-state index is -4.42. The average molecular weight is 306 g/mol. The summed E-state index contributed by atoms with van der Waals surface area (Å²) in [4.78, 5) is 8.92. The molecule has 2 aromatic heterocycles. The number of halogens is 3. The Labute approximate surface area is 122 Å². The molecule has 0 aliphatic carbocycles. The van der Waals surface area contributed by atoms with E-state index in [1.807, 2.05) is 0 Å². The molecule has 0 bridgehead atoms. The lowest BCUT2D eigenvalue weighted by Gasteiger charge is -2.14. The molecule has 1 aromatic carbocycles. The molecule has 0 fully saturated rings. The molecule has 0 unspecified atom stereocenters. The van der Waals surface area contributed by atoms with Crippen molar-refractivity contribution in [1.82, 2.24) is 9.97 Å². The Morgan fingerprint density at radius 1 is 0.952 bits per heavy atom. The van der Waals surface area contributed by atoms with Gasteiger partial charge >= 0.3 is 6.18 Å². The maximum atomic E-state index is 13.2. The summed E-state index contributed by atoms with van der Waals surface area (Å²) in [5.74, 6) is 0. The Morgan fingerprint density at radius 3 is 2.43 bits per heavy atom. The van der Waals surface area contributed by atoms with Gasteiger partial charge in [-0.2, -0.15) is 13.2 Å². The number of hydrogen-bond donors (Lipinski definition) is 0. The van der Waals surface area contributed by atoms with Crippen LogP contribution >= 0.6 is 11.3 Å². The second-order valence-corrected chi connectivity index (χ2v) is 5.19. The minimum Gasteiger partial charge on any atom is -0.256 e. The normalized spacial score (nSPS) is 11.6. The van der Waals surface area contributed by atoms with Gasteiger partial charge in [-0.05, 0) is 18.2 Å². The van der Waals surface area contributed by atoms with Crippen LogP contribution in [0.3, 0.4) is 0 Å². The van der Waals surface area contributed by atoms with E-state index >= 15 is 0 Å². The summed E-state index contributed by atoms with van der Waals surface area (Å²) in [6.45, 7) is 0. The molecule has 0 radical (unpaired) electrons. The van der Waals surface area contributed by atoms with Gasteiger partial charge in [0, 0.05) is 23.5 Å². The SMILES string of the molecule is FC(F)(F)c1ccccc1-c1ncccc1-c1cncs1. The summed E-state index contributed by atoms with van der Waals surface area (Å²) in [6, 6.07) is 8.92. The molecule has 2 nitrogen and oxygen atoms in total. The van der Waals surface area contributed by atoms with Gasteiger partial charge in [0.25, 0.3) is 0 Å². The lowest BCUT2D eigenvalue weighted by Crippen LogP contribution is -2.07. The van der Waals surface area contributed by atoms with Crippen molar-refractivity contribution in [3.05, 3.63) is 59.9 Å². The van der Waals surface area contributed by atoms with Gasteiger partial charge < -0.3 is 0 Å². The predicted octanol–water partition coefficient (Wildman–Crippen LogP) is 4.89. The van der Waals surface area contributed by atoms with Crippen molar-refractivity contribution in [1.29, 1.82) is 0 Å². The van der Waals surface area contributed by atoms with Gasteiger partial charge in [-0.25, -0.2) is 0 Å². The first-order valence-electron chi connectivity index (χ1n) is 6.08. The van der Waals surface area contributed by atoms with Crippen LogP contribution in [-0.4, -0.2) is 9.97 Å². The van der Waals surface area contributed by atoms with Crippen LogP contribution in [0.15, 0.2) is 54.3 Å². The van der Waals surface area contributed by atoms with Gasteiger partial charge in [0.1, 0.15) is 0 Å². The first-order chi connectivity index (χ1) is 10.1. The highest BCUT2D eigenvalue weighted by Crippen LogP contribution is 2.40. The molecule has 0 aliphatic heterocycles. The third kappa shape index (κ3) is 2.67. The second kappa shape index (κ2) is 5.29. The zero-order valence-corrected chi connectivity index (χ0v) is 11.4. The molecule has 0 aliphatic rings. The fraction of sp³-hybridized carbons (Fsp3) is 0.0667. The van der Waals surface area contributed by atoms with Gasteiger partial charge in [-0.15, -0.1) is 11.3 Å². The van der Waals surface area contributed by atoms with Gasteiger partial charge in [-0.1, -0.05) is 18.2 Å². The number of alkyl halides is 3. The fourth-order valence-electron chi connectivity index (χ4n) is 2.10. The zero-order chi connectivity index (χ0) is 14.9. The Bertz CT molecular complexity index is 752. The topological polar surface area (TPSA) is 25.8 Å². The van der Waals surface area contributed by atoms with Gasteiger partial charge in [0.15, 0.2) is 0 Å². The summed E-state index contributed by atoms with van der Waals surface area (Å²) < 4.78 is 39.5. The van der Waals surface area contributed by atoms with Crippen molar-refractivity contribution in [3.8, 4) is 21.7 Å². The Balaban J connectivity index is 2.24. The van der Waals surface area contributed by atoms with E-state index in [0.717, 1.165) is 10.9 Å². The van der Waals surface area contributed by atoms with Crippen LogP contribution in [0.5, 0.6) is 0 Å². The Kier molecular flexibility index (Phi) is 3.47. The van der Waals surface area contributed by atoms with E-state index in [1.165, 1.54) is 29.7 Å². The lowest BCUT2D eigenvalue weighted by molar-refractivity contribution is -0.137. The standard InChI is InChI=1S/C15H9F3N2S/c16-15(17,18)12-6-2-1-4-10(12)14-11(5-3-7-20-14)13-8-19-9-21-13/h1-9H. The highest BCUT2D eigenvalue weighted by molar-refractivity contribution is 7.13. The van der Waals surface area contributed by atoms with Crippen molar-refractivity contribution < 1.29 is 13.2 Å². The molecule has 6 heteroatoms. The van der Waals surface area contributed by atoms with Crippen molar-refractivity contribution >= 4 is 11.3 Å². The number of aromatic nitrogens is 2. The van der Waals surface area contributed by atoms with Gasteiger partial charge in [0.2, 0.25) is 0 Å². The summed E-state index contributed by atoms with van der Waals surface area (Å²) >= 11 is 1.37. The molecule has 106 valence electrons. The maximum absolute atomic E-state index is 13.2. The van der Waals surface area contributed by atoms with Crippen LogP contribution in [0.25, 0.3) is 21.7 Å². The van der Waals surface area contributed by atoms with Crippen LogP contribution in [-0.2, 0) is 6.18 Å². The average Bonchev–Trinajstić information content (AvgIpc) is 3.00. The van der Waals surface area contributed by atoms with Crippen molar-refractivity contribution in [2.75, 3.05) is 0 Å². The first kappa shape index (κ1) is 13.8. The maximum Gasteiger partial charge on any atom is 0.417 e. The highest BCUT2D eigenvalue weighted by atomic mass is 32.1. The van der Waals surface area contributed by atoms with Crippen molar-refractivity contribution in [2.45, 2.75) is 6.18 Å². The molecule has 0 N–H and O–H groups in total. The summed E-state index contributed by atoms with van der Waals surface area (Å²) in [7, 11) is 0. The molecule has 0 spiro atoms. The summed E-state index contributed by atoms with van der Waals surface area (Å²) in [5.41, 5.74) is 2.00. The molecule has 0 atom stereocenters. The molecule has 3 aromatic rings. The van der Waals surface area contributed by atoms with Crippen molar-refractivity contribution in [2.24, 2.45) is 0 Å². The molecule has 3 rings (SSSR count). The lowest BCUT2D eigenvalue weighted by atomic mass is 9.99. The quantitative estimate of drug-likeness (QED) is 0.673. The van der Waals surface area contributed by atoms with E-state index in [0.29, 0.717) is 11.3 Å². The van der Waals surface area contributed by atoms with Gasteiger partial charge in [-0.3, -0.25) is 9.97 Å². The molecule has 0 amide bonds. The Morgan fingerprint density at radius 2 is 1.71 bits per heavy atom. The number of thiazole rings is 1. The minimum absolute atomic E-state index is 0.0778. The summed E-state index contributed by atoms with van der Waals surface area (Å²) in [6.07, 6.45) is -1.30. The Hall–Kier alpha value is -2.21. The van der Waals surface area contributed by atoms with Crippen molar-refractivity contribution in [3.63, 3.8) is 0 Å². The van der Waals surface area contributed by atoms with Crippen LogP contribution in [0, 0.1) is 0 Å². The van der Waals surface area contributed by atoms with E-state index in [1.54, 1.807) is 29.9 Å². The number of hydrogen-bond acceptors (Lipinski definition) is 3. The zero-order valence-electron chi connectivity index (χ0n) is 10.6. The third-order valence-corrected chi connectivity index (χ3v) is 3.80. The third-order valence-electron chi connectivity index (χ3n) is 2.99. The van der Waals surface area contributed by atoms with E-state index in [2.05, 4.69) is 9.97 Å². The van der Waals surface area contributed by atoms with E-state index in [9.17, 15) is 13.2 Å².